The molecular formula is C27H32N8O3S. The standard InChI is InChI=1S/C27H32N8O3S/c1-17-23(31-27(39-17)28-11-7-12-34(2)3)19-16-30-26(29-15-18-9-10-20(36-4)22(14-18)37-5)35-25(19)32-24(33-35)21-8-6-13-38-21/h6,8-10,13-14,16H,7,11-12,15H2,1-5H3,(H,28,31)(H,29,30). The van der Waals surface area contributed by atoms with Crippen LogP contribution in [0.4, 0.5) is 11.1 Å². The van der Waals surface area contributed by atoms with E-state index in [1.165, 1.54) is 0 Å². The van der Waals surface area contributed by atoms with Crippen LogP contribution in [0.5, 0.6) is 11.5 Å². The summed E-state index contributed by atoms with van der Waals surface area (Å²) in [5.74, 6) is 2.93. The third-order valence-electron chi connectivity index (χ3n) is 6.11. The van der Waals surface area contributed by atoms with Gasteiger partial charge in [0.15, 0.2) is 28.0 Å². The number of fused-ring (bicyclic) bond motifs is 1. The summed E-state index contributed by atoms with van der Waals surface area (Å²) in [5, 5.41) is 12.4. The summed E-state index contributed by atoms with van der Waals surface area (Å²) in [5.41, 5.74) is 3.27. The SMILES string of the molecule is COc1ccc(CNc2ncc(-c3nc(NCCCN(C)C)sc3C)c3nc(-c4ccco4)nn23)cc1OC. The summed E-state index contributed by atoms with van der Waals surface area (Å²) in [6.07, 6.45) is 4.43. The first kappa shape index (κ1) is 26.4. The summed E-state index contributed by atoms with van der Waals surface area (Å²) in [4.78, 5) is 17.7. The zero-order valence-corrected chi connectivity index (χ0v) is 23.5. The first-order chi connectivity index (χ1) is 19.0. The second-order valence-electron chi connectivity index (χ2n) is 9.19. The molecule has 2 N–H and O–H groups in total. The minimum Gasteiger partial charge on any atom is -0.493 e. The lowest BCUT2D eigenvalue weighted by molar-refractivity contribution is 0.354. The molecule has 0 aliphatic heterocycles. The Labute approximate surface area is 230 Å². The van der Waals surface area contributed by atoms with Gasteiger partial charge in [-0.05, 0) is 63.8 Å². The highest BCUT2D eigenvalue weighted by Crippen LogP contribution is 2.34. The molecule has 0 spiro atoms. The number of thiazole rings is 1. The summed E-state index contributed by atoms with van der Waals surface area (Å²) in [7, 11) is 7.39. The molecule has 5 aromatic rings. The highest BCUT2D eigenvalue weighted by molar-refractivity contribution is 7.16. The first-order valence-corrected chi connectivity index (χ1v) is 13.4. The molecule has 12 heteroatoms. The van der Waals surface area contributed by atoms with Gasteiger partial charge in [-0.2, -0.15) is 4.52 Å². The Morgan fingerprint density at radius 2 is 1.92 bits per heavy atom. The average molecular weight is 549 g/mol. The molecule has 4 heterocycles. The minimum absolute atomic E-state index is 0.471. The Balaban J connectivity index is 1.46. The molecule has 0 aliphatic carbocycles. The smallest absolute Gasteiger partial charge is 0.226 e. The molecule has 11 nitrogen and oxygen atoms in total. The van der Waals surface area contributed by atoms with Gasteiger partial charge in [0.2, 0.25) is 11.8 Å². The minimum atomic E-state index is 0.471. The molecule has 1 aromatic carbocycles. The number of hydrogen-bond acceptors (Lipinski definition) is 11. The number of hydrogen-bond donors (Lipinski definition) is 2. The highest BCUT2D eigenvalue weighted by Gasteiger charge is 2.20. The fraction of sp³-hybridized carbons (Fsp3) is 0.333. The molecule has 0 fully saturated rings. The van der Waals surface area contributed by atoms with Crippen LogP contribution in [-0.2, 0) is 6.54 Å². The molecule has 204 valence electrons. The lowest BCUT2D eigenvalue weighted by Crippen LogP contribution is -2.16. The van der Waals surface area contributed by atoms with E-state index in [0.29, 0.717) is 41.2 Å². The third-order valence-corrected chi connectivity index (χ3v) is 7.04. The number of aromatic nitrogens is 5. The Kier molecular flexibility index (Phi) is 7.94. The van der Waals surface area contributed by atoms with E-state index in [1.807, 2.05) is 30.3 Å². The van der Waals surface area contributed by atoms with Crippen molar-refractivity contribution in [3.63, 3.8) is 0 Å². The third kappa shape index (κ3) is 5.81. The van der Waals surface area contributed by atoms with Gasteiger partial charge in [-0.3, -0.25) is 0 Å². The second-order valence-corrected chi connectivity index (χ2v) is 10.4. The maximum absolute atomic E-state index is 5.58. The number of methoxy groups -OCH3 is 2. The summed E-state index contributed by atoms with van der Waals surface area (Å²) in [6, 6.07) is 9.43. The predicted octanol–water partition coefficient (Wildman–Crippen LogP) is 4.81. The van der Waals surface area contributed by atoms with Crippen LogP contribution in [0.15, 0.2) is 47.2 Å². The number of aryl methyl sites for hydroxylation is 1. The Bertz CT molecular complexity index is 1540. The van der Waals surface area contributed by atoms with Crippen LogP contribution in [0.1, 0.15) is 16.9 Å². The fourth-order valence-corrected chi connectivity index (χ4v) is 5.01. The van der Waals surface area contributed by atoms with E-state index in [4.69, 9.17) is 33.9 Å². The molecule has 0 radical (unpaired) electrons. The van der Waals surface area contributed by atoms with Gasteiger partial charge in [-0.1, -0.05) is 6.07 Å². The molecule has 0 unspecified atom stereocenters. The van der Waals surface area contributed by atoms with Gasteiger partial charge < -0.3 is 29.4 Å². The number of nitrogens with zero attached hydrogens (tertiary/aromatic N) is 6. The number of rotatable bonds is 12. The zero-order valence-electron chi connectivity index (χ0n) is 22.7. The summed E-state index contributed by atoms with van der Waals surface area (Å²) in [6.45, 7) is 4.42. The van der Waals surface area contributed by atoms with Gasteiger partial charge in [0.1, 0.15) is 0 Å². The van der Waals surface area contributed by atoms with Crippen molar-refractivity contribution in [1.82, 2.24) is 29.5 Å². The van der Waals surface area contributed by atoms with E-state index in [1.54, 1.807) is 42.5 Å². The number of anilines is 2. The molecule has 39 heavy (non-hydrogen) atoms. The number of nitrogens with one attached hydrogen (secondary N) is 2. The van der Waals surface area contributed by atoms with E-state index < -0.39 is 0 Å². The Morgan fingerprint density at radius 3 is 2.67 bits per heavy atom. The summed E-state index contributed by atoms with van der Waals surface area (Å²) < 4.78 is 18.1. The van der Waals surface area contributed by atoms with Crippen LogP contribution in [0, 0.1) is 6.92 Å². The number of benzene rings is 1. The van der Waals surface area contributed by atoms with Gasteiger partial charge in [0, 0.05) is 24.2 Å². The predicted molar refractivity (Wildman–Crippen MR) is 153 cm³/mol. The van der Waals surface area contributed by atoms with E-state index in [-0.39, 0.29) is 0 Å². The van der Waals surface area contributed by atoms with Crippen LogP contribution in [-0.4, -0.2) is 70.9 Å². The highest BCUT2D eigenvalue weighted by atomic mass is 32.1. The average Bonchev–Trinajstić information content (AvgIpc) is 3.69. The van der Waals surface area contributed by atoms with Gasteiger partial charge >= 0.3 is 0 Å². The topological polar surface area (TPSA) is 115 Å². The molecule has 0 saturated carbocycles. The fourth-order valence-electron chi connectivity index (χ4n) is 4.15. The van der Waals surface area contributed by atoms with E-state index in [0.717, 1.165) is 46.3 Å². The van der Waals surface area contributed by atoms with Crippen molar-refractivity contribution >= 4 is 28.1 Å². The van der Waals surface area contributed by atoms with Gasteiger partial charge in [-0.15, -0.1) is 16.4 Å². The molecular weight excluding hydrogens is 516 g/mol. The van der Waals surface area contributed by atoms with Crippen molar-refractivity contribution < 1.29 is 13.9 Å². The van der Waals surface area contributed by atoms with Gasteiger partial charge in [0.25, 0.3) is 0 Å². The molecule has 0 amide bonds. The van der Waals surface area contributed by atoms with Crippen molar-refractivity contribution in [3.8, 4) is 34.3 Å². The monoisotopic (exact) mass is 548 g/mol. The van der Waals surface area contributed by atoms with E-state index >= 15 is 0 Å². The lowest BCUT2D eigenvalue weighted by atomic mass is 10.2. The largest absolute Gasteiger partial charge is 0.493 e. The van der Waals surface area contributed by atoms with Crippen LogP contribution < -0.4 is 20.1 Å². The zero-order chi connectivity index (χ0) is 27.4. The molecule has 0 aliphatic rings. The van der Waals surface area contributed by atoms with Crippen molar-refractivity contribution in [2.75, 3.05) is 52.0 Å². The molecule has 0 bridgehead atoms. The molecule has 4 aromatic heterocycles. The quantitative estimate of drug-likeness (QED) is 0.211. The Morgan fingerprint density at radius 1 is 1.08 bits per heavy atom. The van der Waals surface area contributed by atoms with Crippen molar-refractivity contribution in [3.05, 3.63) is 53.2 Å². The van der Waals surface area contributed by atoms with Crippen molar-refractivity contribution in [2.45, 2.75) is 19.9 Å². The van der Waals surface area contributed by atoms with Crippen LogP contribution in [0.25, 0.3) is 28.5 Å². The van der Waals surface area contributed by atoms with Crippen LogP contribution >= 0.6 is 11.3 Å². The second kappa shape index (κ2) is 11.7. The first-order valence-electron chi connectivity index (χ1n) is 12.6. The molecule has 0 saturated heterocycles. The van der Waals surface area contributed by atoms with Crippen LogP contribution in [0.2, 0.25) is 0 Å². The lowest BCUT2D eigenvalue weighted by Gasteiger charge is -2.11. The number of furan rings is 1. The van der Waals surface area contributed by atoms with Crippen LogP contribution in [0.3, 0.4) is 0 Å². The van der Waals surface area contributed by atoms with E-state index in [2.05, 4.69) is 36.6 Å². The van der Waals surface area contributed by atoms with E-state index in [9.17, 15) is 0 Å². The summed E-state index contributed by atoms with van der Waals surface area (Å²) >= 11 is 1.62. The maximum Gasteiger partial charge on any atom is 0.226 e. The normalized spacial score (nSPS) is 11.3. The molecule has 0 atom stereocenters. The number of ether oxygens (including phenoxy) is 2. The van der Waals surface area contributed by atoms with Crippen molar-refractivity contribution in [2.24, 2.45) is 0 Å². The van der Waals surface area contributed by atoms with Gasteiger partial charge in [0.05, 0.1) is 31.7 Å². The maximum atomic E-state index is 5.58. The molecule has 5 rings (SSSR count). The van der Waals surface area contributed by atoms with Crippen molar-refractivity contribution in [1.29, 1.82) is 0 Å². The van der Waals surface area contributed by atoms with Gasteiger partial charge in [-0.25, -0.2) is 15.0 Å². The Hall–Kier alpha value is -4.16.